The number of guanidine groups is 1. The third-order valence-electron chi connectivity index (χ3n) is 4.15. The van der Waals surface area contributed by atoms with E-state index in [9.17, 15) is 5.11 Å². The molecule has 0 aromatic heterocycles. The Hall–Kier alpha value is -1.71. The van der Waals surface area contributed by atoms with Crippen molar-refractivity contribution in [3.05, 3.63) is 28.8 Å². The summed E-state index contributed by atoms with van der Waals surface area (Å²) >= 11 is 0. The first-order valence-corrected chi connectivity index (χ1v) is 6.93. The van der Waals surface area contributed by atoms with Crippen molar-refractivity contribution in [1.82, 2.24) is 4.90 Å². The van der Waals surface area contributed by atoms with E-state index in [2.05, 4.69) is 22.0 Å². The first-order chi connectivity index (χ1) is 9.06. The van der Waals surface area contributed by atoms with Crippen molar-refractivity contribution in [3.8, 4) is 5.75 Å². The lowest BCUT2D eigenvalue weighted by molar-refractivity contribution is 0.333. The van der Waals surface area contributed by atoms with Gasteiger partial charge in [0.2, 0.25) is 0 Å². The average Bonchev–Trinajstić information content (AvgIpc) is 3.11. The lowest BCUT2D eigenvalue weighted by Gasteiger charge is -2.27. The fourth-order valence-electron chi connectivity index (χ4n) is 2.80. The molecule has 4 nitrogen and oxygen atoms in total. The molecule has 3 rings (SSSR count). The van der Waals surface area contributed by atoms with Crippen molar-refractivity contribution in [2.45, 2.75) is 32.7 Å². The molecule has 0 radical (unpaired) electrons. The van der Waals surface area contributed by atoms with E-state index in [1.807, 2.05) is 13.8 Å². The summed E-state index contributed by atoms with van der Waals surface area (Å²) in [6, 6.07) is 4.35. The molecule has 1 unspecified atom stereocenters. The molecule has 1 saturated carbocycles. The number of rotatable bonds is 3. The maximum absolute atomic E-state index is 9.88. The van der Waals surface area contributed by atoms with Crippen LogP contribution >= 0.6 is 0 Å². The molecule has 4 heteroatoms. The summed E-state index contributed by atoms with van der Waals surface area (Å²) < 4.78 is 0. The minimum absolute atomic E-state index is 0.235. The van der Waals surface area contributed by atoms with Gasteiger partial charge in [-0.1, -0.05) is 12.1 Å². The number of aromatic hydroxyl groups is 1. The molecule has 2 aliphatic rings. The molecule has 1 atom stereocenters. The first-order valence-electron chi connectivity index (χ1n) is 6.93. The summed E-state index contributed by atoms with van der Waals surface area (Å²) in [5.41, 5.74) is 9.07. The molecule has 1 aliphatic carbocycles. The predicted molar refractivity (Wildman–Crippen MR) is 76.2 cm³/mol. The number of aryl methyl sites for hydroxylation is 2. The van der Waals surface area contributed by atoms with Crippen molar-refractivity contribution in [3.63, 3.8) is 0 Å². The first kappa shape index (κ1) is 12.3. The lowest BCUT2D eigenvalue weighted by atomic mass is 9.99. The van der Waals surface area contributed by atoms with Crippen molar-refractivity contribution in [2.24, 2.45) is 16.6 Å². The van der Waals surface area contributed by atoms with Gasteiger partial charge in [0, 0.05) is 6.54 Å². The summed E-state index contributed by atoms with van der Waals surface area (Å²) in [4.78, 5) is 6.62. The zero-order chi connectivity index (χ0) is 13.6. The van der Waals surface area contributed by atoms with Gasteiger partial charge in [0.25, 0.3) is 0 Å². The molecule has 1 aliphatic heterocycles. The van der Waals surface area contributed by atoms with Crippen LogP contribution in [0.25, 0.3) is 0 Å². The van der Waals surface area contributed by atoms with Gasteiger partial charge in [-0.15, -0.1) is 0 Å². The third-order valence-corrected chi connectivity index (χ3v) is 4.15. The Balaban J connectivity index is 1.88. The summed E-state index contributed by atoms with van der Waals surface area (Å²) in [6.07, 6.45) is 2.62. The van der Waals surface area contributed by atoms with Crippen molar-refractivity contribution in [1.29, 1.82) is 0 Å². The van der Waals surface area contributed by atoms with E-state index in [0.29, 0.717) is 11.7 Å². The smallest absolute Gasteiger partial charge is 0.191 e. The maximum atomic E-state index is 9.88. The summed E-state index contributed by atoms with van der Waals surface area (Å²) in [5.74, 6) is 1.85. The average molecular weight is 259 g/mol. The number of hydrogen-bond donors (Lipinski definition) is 2. The Bertz CT molecular complexity index is 511. The molecule has 3 N–H and O–H groups in total. The zero-order valence-electron chi connectivity index (χ0n) is 11.6. The number of aliphatic imine (C=N–C) groups is 1. The number of hydrogen-bond acceptors (Lipinski definition) is 4. The van der Waals surface area contributed by atoms with Crippen molar-refractivity contribution in [2.75, 3.05) is 13.1 Å². The molecule has 0 saturated heterocycles. The van der Waals surface area contributed by atoms with E-state index < -0.39 is 0 Å². The Morgan fingerprint density at radius 3 is 2.53 bits per heavy atom. The molecule has 1 heterocycles. The molecule has 0 amide bonds. The number of nitrogens with zero attached hydrogens (tertiary/aromatic N) is 2. The SMILES string of the molecule is Cc1cc(C2CN=C(N)N2CC2CC2)cc(C)c1O. The summed E-state index contributed by atoms with van der Waals surface area (Å²) in [5, 5.41) is 9.88. The predicted octanol–water partition coefficient (Wildman–Crippen LogP) is 2.09. The Labute approximate surface area is 113 Å². The van der Waals surface area contributed by atoms with Crippen LogP contribution in [0.4, 0.5) is 0 Å². The quantitative estimate of drug-likeness (QED) is 0.873. The summed E-state index contributed by atoms with van der Waals surface area (Å²) in [7, 11) is 0. The largest absolute Gasteiger partial charge is 0.507 e. The summed E-state index contributed by atoms with van der Waals surface area (Å²) in [6.45, 7) is 5.62. The van der Waals surface area contributed by atoms with E-state index in [-0.39, 0.29) is 6.04 Å². The second-order valence-corrected chi connectivity index (χ2v) is 5.81. The molecule has 19 heavy (non-hydrogen) atoms. The minimum Gasteiger partial charge on any atom is -0.507 e. The number of phenols is 1. The topological polar surface area (TPSA) is 61.8 Å². The maximum Gasteiger partial charge on any atom is 0.191 e. The number of benzene rings is 1. The van der Waals surface area contributed by atoms with Crippen LogP contribution < -0.4 is 5.73 Å². The molecule has 102 valence electrons. The Morgan fingerprint density at radius 2 is 1.95 bits per heavy atom. The van der Waals surface area contributed by atoms with Crippen LogP contribution in [0.15, 0.2) is 17.1 Å². The van der Waals surface area contributed by atoms with Gasteiger partial charge in [-0.2, -0.15) is 0 Å². The number of phenolic OH excluding ortho intramolecular Hbond substituents is 1. The molecule has 1 aromatic rings. The van der Waals surface area contributed by atoms with E-state index in [4.69, 9.17) is 5.73 Å². The standard InChI is InChI=1S/C15H21N3O/c1-9-5-12(6-10(2)14(9)19)13-7-17-15(16)18(13)8-11-3-4-11/h5-6,11,13,19H,3-4,7-8H2,1-2H3,(H2,16,17). The van der Waals surface area contributed by atoms with Crippen molar-refractivity contribution < 1.29 is 5.11 Å². The highest BCUT2D eigenvalue weighted by molar-refractivity contribution is 5.80. The monoisotopic (exact) mass is 259 g/mol. The van der Waals surface area contributed by atoms with Crippen LogP contribution in [0.1, 0.15) is 35.6 Å². The molecular formula is C15H21N3O. The van der Waals surface area contributed by atoms with Crippen LogP contribution in [0.5, 0.6) is 5.75 Å². The fraction of sp³-hybridized carbons (Fsp3) is 0.533. The molecular weight excluding hydrogens is 238 g/mol. The van der Waals surface area contributed by atoms with Crippen LogP contribution in [0.2, 0.25) is 0 Å². The normalized spacial score (nSPS) is 22.7. The highest BCUT2D eigenvalue weighted by Crippen LogP contribution is 2.36. The second-order valence-electron chi connectivity index (χ2n) is 5.81. The highest BCUT2D eigenvalue weighted by atomic mass is 16.3. The molecule has 0 spiro atoms. The van der Waals surface area contributed by atoms with Crippen molar-refractivity contribution >= 4 is 5.96 Å². The van der Waals surface area contributed by atoms with Gasteiger partial charge in [0.05, 0.1) is 12.6 Å². The van der Waals surface area contributed by atoms with Crippen LogP contribution in [0, 0.1) is 19.8 Å². The van der Waals surface area contributed by atoms with E-state index >= 15 is 0 Å². The fourth-order valence-corrected chi connectivity index (χ4v) is 2.80. The van der Waals surface area contributed by atoms with Gasteiger partial charge in [0.1, 0.15) is 5.75 Å². The van der Waals surface area contributed by atoms with Gasteiger partial charge >= 0.3 is 0 Å². The molecule has 1 fully saturated rings. The number of nitrogens with two attached hydrogens (primary N) is 1. The van der Waals surface area contributed by atoms with Gasteiger partial charge in [-0.05, 0) is 49.3 Å². The lowest BCUT2D eigenvalue weighted by Crippen LogP contribution is -2.37. The second kappa shape index (κ2) is 4.44. The van der Waals surface area contributed by atoms with E-state index in [1.54, 1.807) is 0 Å². The van der Waals surface area contributed by atoms with Gasteiger partial charge in [0.15, 0.2) is 5.96 Å². The van der Waals surface area contributed by atoms with Crippen LogP contribution in [-0.2, 0) is 0 Å². The molecule has 0 bridgehead atoms. The van der Waals surface area contributed by atoms with Gasteiger partial charge in [-0.25, -0.2) is 0 Å². The third kappa shape index (κ3) is 2.27. The van der Waals surface area contributed by atoms with Crippen LogP contribution in [0.3, 0.4) is 0 Å². The van der Waals surface area contributed by atoms with E-state index in [0.717, 1.165) is 30.1 Å². The highest BCUT2D eigenvalue weighted by Gasteiger charge is 2.33. The van der Waals surface area contributed by atoms with Gasteiger partial charge < -0.3 is 15.7 Å². The van der Waals surface area contributed by atoms with E-state index in [1.165, 1.54) is 18.4 Å². The van der Waals surface area contributed by atoms with Crippen LogP contribution in [-0.4, -0.2) is 29.1 Å². The Kier molecular flexibility index (Phi) is 2.88. The molecule has 1 aromatic carbocycles. The Morgan fingerprint density at radius 1 is 1.32 bits per heavy atom. The minimum atomic E-state index is 0.235. The zero-order valence-corrected chi connectivity index (χ0v) is 11.6. The van der Waals surface area contributed by atoms with Gasteiger partial charge in [-0.3, -0.25) is 4.99 Å².